The molecule has 0 spiro atoms. The van der Waals surface area contributed by atoms with E-state index < -0.39 is 12.7 Å². The Kier molecular flexibility index (Phi) is 4.82. The minimum Gasteiger partial charge on any atom is -0.468 e. The number of aliphatic hydroxyl groups is 1. The van der Waals surface area contributed by atoms with Crippen LogP contribution in [0, 0.1) is 0 Å². The van der Waals surface area contributed by atoms with Gasteiger partial charge >= 0.3 is 6.18 Å². The van der Waals surface area contributed by atoms with Gasteiger partial charge < -0.3 is 9.52 Å². The van der Waals surface area contributed by atoms with Crippen LogP contribution in [-0.2, 0) is 6.54 Å². The molecule has 3 nitrogen and oxygen atoms in total. The number of halogens is 3. The molecule has 0 radical (unpaired) electrons. The van der Waals surface area contributed by atoms with Crippen LogP contribution >= 0.6 is 0 Å². The van der Waals surface area contributed by atoms with Crippen LogP contribution in [-0.4, -0.2) is 35.9 Å². The lowest BCUT2D eigenvalue weighted by Gasteiger charge is -2.22. The number of alkyl halides is 3. The van der Waals surface area contributed by atoms with E-state index in [-0.39, 0.29) is 19.7 Å². The molecular weight excluding hydrogens is 223 g/mol. The summed E-state index contributed by atoms with van der Waals surface area (Å²) >= 11 is 0. The Balaban J connectivity index is 2.50. The van der Waals surface area contributed by atoms with Crippen LogP contribution in [0.25, 0.3) is 0 Å². The van der Waals surface area contributed by atoms with Gasteiger partial charge in [-0.05, 0) is 18.6 Å². The lowest BCUT2D eigenvalue weighted by Crippen LogP contribution is -2.34. The summed E-state index contributed by atoms with van der Waals surface area (Å²) < 4.78 is 41.7. The molecular formula is C10H14F3NO2. The highest BCUT2D eigenvalue weighted by molar-refractivity contribution is 4.97. The van der Waals surface area contributed by atoms with E-state index in [4.69, 9.17) is 9.52 Å². The maximum atomic E-state index is 12.2. The molecule has 16 heavy (non-hydrogen) atoms. The fourth-order valence-electron chi connectivity index (χ4n) is 1.38. The summed E-state index contributed by atoms with van der Waals surface area (Å²) in [6.07, 6.45) is -2.49. The molecule has 1 aromatic rings. The van der Waals surface area contributed by atoms with Crippen molar-refractivity contribution in [2.45, 2.75) is 19.1 Å². The van der Waals surface area contributed by atoms with Crippen molar-refractivity contribution in [3.63, 3.8) is 0 Å². The molecule has 0 aliphatic rings. The molecule has 0 saturated carbocycles. The quantitative estimate of drug-likeness (QED) is 0.822. The minimum absolute atomic E-state index is 0.104. The first-order valence-electron chi connectivity index (χ1n) is 4.93. The zero-order valence-electron chi connectivity index (χ0n) is 8.70. The summed E-state index contributed by atoms with van der Waals surface area (Å²) in [6, 6.07) is 3.26. The van der Waals surface area contributed by atoms with Crippen molar-refractivity contribution in [1.82, 2.24) is 4.90 Å². The average molecular weight is 237 g/mol. The van der Waals surface area contributed by atoms with Crippen molar-refractivity contribution >= 4 is 0 Å². The Morgan fingerprint density at radius 1 is 1.38 bits per heavy atom. The summed E-state index contributed by atoms with van der Waals surface area (Å²) in [5.41, 5.74) is 0. The molecule has 1 rings (SSSR count). The topological polar surface area (TPSA) is 36.6 Å². The molecule has 0 aromatic carbocycles. The number of furan rings is 1. The minimum atomic E-state index is -4.23. The first-order chi connectivity index (χ1) is 7.51. The molecule has 0 atom stereocenters. The van der Waals surface area contributed by atoms with E-state index in [1.807, 2.05) is 0 Å². The normalized spacial score (nSPS) is 12.3. The molecule has 0 aliphatic heterocycles. The van der Waals surface area contributed by atoms with Crippen molar-refractivity contribution in [2.75, 3.05) is 19.7 Å². The molecule has 6 heteroatoms. The highest BCUT2D eigenvalue weighted by atomic mass is 19.4. The van der Waals surface area contributed by atoms with E-state index in [1.165, 1.54) is 11.2 Å². The summed E-state index contributed by atoms with van der Waals surface area (Å²) in [6.45, 7) is -0.816. The van der Waals surface area contributed by atoms with E-state index in [2.05, 4.69) is 0 Å². The van der Waals surface area contributed by atoms with Gasteiger partial charge in [-0.3, -0.25) is 4.90 Å². The van der Waals surface area contributed by atoms with Crippen molar-refractivity contribution in [1.29, 1.82) is 0 Å². The third kappa shape index (κ3) is 5.18. The molecule has 0 unspecified atom stereocenters. The third-order valence-corrected chi connectivity index (χ3v) is 1.99. The van der Waals surface area contributed by atoms with E-state index in [9.17, 15) is 13.2 Å². The van der Waals surface area contributed by atoms with Gasteiger partial charge in [0, 0.05) is 13.2 Å². The average Bonchev–Trinajstić information content (AvgIpc) is 2.64. The second-order valence-corrected chi connectivity index (χ2v) is 3.48. The number of rotatable bonds is 6. The molecule has 0 saturated heterocycles. The maximum Gasteiger partial charge on any atom is 0.401 e. The van der Waals surface area contributed by atoms with E-state index in [0.29, 0.717) is 12.2 Å². The van der Waals surface area contributed by atoms with E-state index in [0.717, 1.165) is 0 Å². The third-order valence-electron chi connectivity index (χ3n) is 1.99. The summed E-state index contributed by atoms with van der Waals surface area (Å²) in [5.74, 6) is 0.488. The molecule has 0 bridgehead atoms. The second-order valence-electron chi connectivity index (χ2n) is 3.48. The lowest BCUT2D eigenvalue weighted by atomic mass is 10.3. The van der Waals surface area contributed by atoms with Gasteiger partial charge in [0.2, 0.25) is 0 Å². The highest BCUT2D eigenvalue weighted by Gasteiger charge is 2.30. The van der Waals surface area contributed by atoms with Crippen LogP contribution in [0.3, 0.4) is 0 Å². The van der Waals surface area contributed by atoms with Crippen molar-refractivity contribution in [2.24, 2.45) is 0 Å². The smallest absolute Gasteiger partial charge is 0.401 e. The highest BCUT2D eigenvalue weighted by Crippen LogP contribution is 2.18. The number of nitrogens with zero attached hydrogens (tertiary/aromatic N) is 1. The fraction of sp³-hybridized carbons (Fsp3) is 0.600. The maximum absolute atomic E-state index is 12.2. The summed E-state index contributed by atoms with van der Waals surface area (Å²) in [7, 11) is 0. The zero-order chi connectivity index (χ0) is 12.0. The van der Waals surface area contributed by atoms with Gasteiger partial charge in [0.05, 0.1) is 19.4 Å². The first-order valence-corrected chi connectivity index (χ1v) is 4.93. The van der Waals surface area contributed by atoms with Crippen molar-refractivity contribution < 1.29 is 22.7 Å². The zero-order valence-corrected chi connectivity index (χ0v) is 8.70. The summed E-state index contributed by atoms with van der Waals surface area (Å²) in [4.78, 5) is 1.20. The summed E-state index contributed by atoms with van der Waals surface area (Å²) in [5, 5.41) is 8.61. The molecule has 0 fully saturated rings. The van der Waals surface area contributed by atoms with Gasteiger partial charge in [-0.2, -0.15) is 13.2 Å². The molecule has 1 N–H and O–H groups in total. The molecule has 0 amide bonds. The Morgan fingerprint density at radius 3 is 2.62 bits per heavy atom. The van der Waals surface area contributed by atoms with E-state index >= 15 is 0 Å². The van der Waals surface area contributed by atoms with Crippen molar-refractivity contribution in [3.8, 4) is 0 Å². The van der Waals surface area contributed by atoms with Crippen molar-refractivity contribution in [3.05, 3.63) is 24.2 Å². The van der Waals surface area contributed by atoms with Gasteiger partial charge in [-0.1, -0.05) is 0 Å². The SMILES string of the molecule is OCCCN(Cc1ccco1)CC(F)(F)F. The van der Waals surface area contributed by atoms with E-state index in [1.54, 1.807) is 12.1 Å². The molecule has 0 aliphatic carbocycles. The number of hydrogen-bond acceptors (Lipinski definition) is 3. The fourth-order valence-corrected chi connectivity index (χ4v) is 1.38. The van der Waals surface area contributed by atoms with Crippen LogP contribution in [0.4, 0.5) is 13.2 Å². The second kappa shape index (κ2) is 5.91. The Hall–Kier alpha value is -1.01. The van der Waals surface area contributed by atoms with Gasteiger partial charge in [0.15, 0.2) is 0 Å². The van der Waals surface area contributed by atoms with Crippen LogP contribution in [0.1, 0.15) is 12.2 Å². The first kappa shape index (κ1) is 13.1. The largest absolute Gasteiger partial charge is 0.468 e. The Bertz CT molecular complexity index is 285. The van der Waals surface area contributed by atoms with Crippen LogP contribution in [0.2, 0.25) is 0 Å². The van der Waals surface area contributed by atoms with Gasteiger partial charge in [0.25, 0.3) is 0 Å². The van der Waals surface area contributed by atoms with Crippen LogP contribution < -0.4 is 0 Å². The molecule has 1 heterocycles. The van der Waals surface area contributed by atoms with Gasteiger partial charge in [-0.25, -0.2) is 0 Å². The monoisotopic (exact) mass is 237 g/mol. The van der Waals surface area contributed by atoms with Gasteiger partial charge in [0.1, 0.15) is 5.76 Å². The Labute approximate surface area is 91.5 Å². The standard InChI is InChI=1S/C10H14F3NO2/c11-10(12,13)8-14(4-2-5-15)7-9-3-1-6-16-9/h1,3,6,15H,2,4-5,7-8H2. The molecule has 1 aromatic heterocycles. The predicted molar refractivity (Wildman–Crippen MR) is 51.7 cm³/mol. The Morgan fingerprint density at radius 2 is 2.12 bits per heavy atom. The number of hydrogen-bond donors (Lipinski definition) is 1. The lowest BCUT2D eigenvalue weighted by molar-refractivity contribution is -0.147. The predicted octanol–water partition coefficient (Wildman–Crippen LogP) is 2.03. The van der Waals surface area contributed by atoms with Crippen LogP contribution in [0.15, 0.2) is 22.8 Å². The van der Waals surface area contributed by atoms with Crippen LogP contribution in [0.5, 0.6) is 0 Å². The number of aliphatic hydroxyl groups excluding tert-OH is 1. The van der Waals surface area contributed by atoms with Gasteiger partial charge in [-0.15, -0.1) is 0 Å². The molecule has 92 valence electrons.